The molecule has 0 aliphatic carbocycles. The summed E-state index contributed by atoms with van der Waals surface area (Å²) in [5, 5.41) is 11.7. The summed E-state index contributed by atoms with van der Waals surface area (Å²) >= 11 is 0. The van der Waals surface area contributed by atoms with E-state index in [1.165, 1.54) is 22.5 Å². The smallest absolute Gasteiger partial charge is 0.307 e. The molecule has 130 valence electrons. The topological polar surface area (TPSA) is 113 Å². The molecule has 1 fully saturated rings. The van der Waals surface area contributed by atoms with E-state index in [4.69, 9.17) is 9.84 Å². The van der Waals surface area contributed by atoms with E-state index in [9.17, 15) is 18.0 Å². The van der Waals surface area contributed by atoms with Crippen molar-refractivity contribution in [3.8, 4) is 5.75 Å². The Labute approximate surface area is 139 Å². The van der Waals surface area contributed by atoms with E-state index in [0.29, 0.717) is 24.3 Å². The van der Waals surface area contributed by atoms with Gasteiger partial charge in [0.05, 0.1) is 16.5 Å². The van der Waals surface area contributed by atoms with Crippen LogP contribution in [0.2, 0.25) is 0 Å². The highest BCUT2D eigenvalue weighted by Gasteiger charge is 2.34. The Morgan fingerprint density at radius 3 is 2.88 bits per heavy atom. The highest BCUT2D eigenvalue weighted by molar-refractivity contribution is 7.89. The van der Waals surface area contributed by atoms with E-state index in [2.05, 4.69) is 5.32 Å². The zero-order valence-electron chi connectivity index (χ0n) is 13.1. The Hall–Kier alpha value is -2.13. The lowest BCUT2D eigenvalue weighted by Gasteiger charge is -2.30. The Morgan fingerprint density at radius 2 is 2.17 bits per heavy atom. The lowest BCUT2D eigenvalue weighted by molar-refractivity contribution is -0.142. The van der Waals surface area contributed by atoms with Gasteiger partial charge in [-0.2, -0.15) is 4.31 Å². The van der Waals surface area contributed by atoms with Crippen LogP contribution in [0.3, 0.4) is 0 Å². The van der Waals surface area contributed by atoms with Crippen LogP contribution in [0.25, 0.3) is 0 Å². The van der Waals surface area contributed by atoms with Crippen LogP contribution < -0.4 is 10.1 Å². The van der Waals surface area contributed by atoms with Crippen LogP contribution >= 0.6 is 0 Å². The standard InChI is InChI=1S/C15H18N2O6S/c1-9-14(18)16-12-7-11(4-5-13(12)23-9)24(21,22)17-6-2-3-10(8-17)15(19)20/h4-5,7,9-10H,2-3,6,8H2,1H3,(H,16,18)(H,19,20)/t9-,10-/m1/s1. The summed E-state index contributed by atoms with van der Waals surface area (Å²) in [4.78, 5) is 22.8. The molecule has 9 heteroatoms. The Bertz CT molecular complexity index is 791. The number of fused-ring (bicyclic) bond motifs is 1. The van der Waals surface area contributed by atoms with Crippen molar-refractivity contribution < 1.29 is 27.9 Å². The second-order valence-electron chi connectivity index (χ2n) is 5.95. The van der Waals surface area contributed by atoms with Crippen LogP contribution in [0.15, 0.2) is 23.1 Å². The second kappa shape index (κ2) is 6.06. The number of amides is 1. The first-order chi connectivity index (χ1) is 11.3. The highest BCUT2D eigenvalue weighted by atomic mass is 32.2. The summed E-state index contributed by atoms with van der Waals surface area (Å²) in [6, 6.07) is 4.25. The molecule has 0 spiro atoms. The molecule has 1 amide bonds. The van der Waals surface area contributed by atoms with E-state index >= 15 is 0 Å². The molecule has 2 atom stereocenters. The van der Waals surface area contributed by atoms with E-state index in [1.807, 2.05) is 0 Å². The van der Waals surface area contributed by atoms with Gasteiger partial charge >= 0.3 is 5.97 Å². The van der Waals surface area contributed by atoms with Gasteiger partial charge in [-0.25, -0.2) is 8.42 Å². The Balaban J connectivity index is 1.89. The number of anilines is 1. The van der Waals surface area contributed by atoms with Crippen LogP contribution in [-0.2, 0) is 19.6 Å². The van der Waals surface area contributed by atoms with Gasteiger partial charge in [-0.1, -0.05) is 0 Å². The van der Waals surface area contributed by atoms with E-state index in [1.54, 1.807) is 6.92 Å². The maximum absolute atomic E-state index is 12.8. The van der Waals surface area contributed by atoms with Crippen LogP contribution in [0.5, 0.6) is 5.75 Å². The van der Waals surface area contributed by atoms with Crippen LogP contribution in [0, 0.1) is 5.92 Å². The number of carbonyl (C=O) groups is 2. The average Bonchev–Trinajstić information content (AvgIpc) is 2.55. The predicted octanol–water partition coefficient (Wildman–Crippen LogP) is 0.891. The molecule has 8 nitrogen and oxygen atoms in total. The summed E-state index contributed by atoms with van der Waals surface area (Å²) in [5.41, 5.74) is 0.297. The molecule has 3 rings (SSSR count). The molecule has 0 radical (unpaired) electrons. The second-order valence-corrected chi connectivity index (χ2v) is 7.89. The molecule has 1 saturated heterocycles. The Kier molecular flexibility index (Phi) is 4.22. The molecule has 1 aromatic rings. The van der Waals surface area contributed by atoms with Crippen molar-refractivity contribution in [2.24, 2.45) is 5.92 Å². The largest absolute Gasteiger partial charge is 0.481 e. The van der Waals surface area contributed by atoms with Crippen LogP contribution in [0.4, 0.5) is 5.69 Å². The molecule has 0 aromatic heterocycles. The molecular weight excluding hydrogens is 336 g/mol. The number of carbonyl (C=O) groups excluding carboxylic acids is 1. The molecule has 2 aliphatic rings. The summed E-state index contributed by atoms with van der Waals surface area (Å²) in [6.45, 7) is 1.83. The number of rotatable bonds is 3. The van der Waals surface area contributed by atoms with Crippen molar-refractivity contribution in [1.29, 1.82) is 0 Å². The van der Waals surface area contributed by atoms with Crippen molar-refractivity contribution in [3.63, 3.8) is 0 Å². The number of sulfonamides is 1. The fourth-order valence-electron chi connectivity index (χ4n) is 2.86. The first-order valence-corrected chi connectivity index (χ1v) is 9.07. The summed E-state index contributed by atoms with van der Waals surface area (Å²) < 4.78 is 32.1. The summed E-state index contributed by atoms with van der Waals surface area (Å²) in [6.07, 6.45) is 0.324. The van der Waals surface area contributed by atoms with Crippen molar-refractivity contribution in [3.05, 3.63) is 18.2 Å². The minimum absolute atomic E-state index is 0.00532. The molecule has 2 aliphatic heterocycles. The van der Waals surface area contributed by atoms with E-state index in [0.717, 1.165) is 0 Å². The number of aliphatic carboxylic acids is 1. The third kappa shape index (κ3) is 2.96. The van der Waals surface area contributed by atoms with Crippen LogP contribution in [-0.4, -0.2) is 48.9 Å². The zero-order valence-corrected chi connectivity index (χ0v) is 13.9. The molecule has 1 aromatic carbocycles. The van der Waals surface area contributed by atoms with Gasteiger partial charge < -0.3 is 15.2 Å². The maximum atomic E-state index is 12.8. The molecule has 0 bridgehead atoms. The first kappa shape index (κ1) is 16.7. The first-order valence-electron chi connectivity index (χ1n) is 7.63. The highest BCUT2D eigenvalue weighted by Crippen LogP contribution is 2.33. The van der Waals surface area contributed by atoms with Gasteiger partial charge in [0.2, 0.25) is 10.0 Å². The molecule has 0 saturated carbocycles. The number of hydrogen-bond acceptors (Lipinski definition) is 5. The van der Waals surface area contributed by atoms with Crippen molar-refractivity contribution in [2.75, 3.05) is 18.4 Å². The number of nitrogens with zero attached hydrogens (tertiary/aromatic N) is 1. The van der Waals surface area contributed by atoms with Gasteiger partial charge in [0.15, 0.2) is 6.10 Å². The van der Waals surface area contributed by atoms with Crippen molar-refractivity contribution in [2.45, 2.75) is 30.8 Å². The fraction of sp³-hybridized carbons (Fsp3) is 0.467. The number of piperidine rings is 1. The number of carboxylic acid groups (broad SMARTS) is 1. The predicted molar refractivity (Wildman–Crippen MR) is 84.3 cm³/mol. The molecule has 0 unspecified atom stereocenters. The SMILES string of the molecule is C[C@H]1Oc2ccc(S(=O)(=O)N3CCC[C@@H](C(=O)O)C3)cc2NC1=O. The molecular formula is C15H18N2O6S. The van der Waals surface area contributed by atoms with E-state index in [-0.39, 0.29) is 23.9 Å². The molecule has 2 N–H and O–H groups in total. The number of benzene rings is 1. The monoisotopic (exact) mass is 354 g/mol. The normalized spacial score (nSPS) is 24.6. The third-order valence-electron chi connectivity index (χ3n) is 4.25. The van der Waals surface area contributed by atoms with Gasteiger partial charge in [0, 0.05) is 13.1 Å². The number of nitrogens with one attached hydrogen (secondary N) is 1. The quantitative estimate of drug-likeness (QED) is 0.833. The van der Waals surface area contributed by atoms with Gasteiger partial charge in [0.25, 0.3) is 5.91 Å². The average molecular weight is 354 g/mol. The number of hydrogen-bond donors (Lipinski definition) is 2. The van der Waals surface area contributed by atoms with Crippen LogP contribution in [0.1, 0.15) is 19.8 Å². The maximum Gasteiger partial charge on any atom is 0.307 e. The summed E-state index contributed by atoms with van der Waals surface area (Å²) in [5.74, 6) is -1.63. The lowest BCUT2D eigenvalue weighted by atomic mass is 10.0. The van der Waals surface area contributed by atoms with Gasteiger partial charge in [0.1, 0.15) is 5.75 Å². The summed E-state index contributed by atoms with van der Waals surface area (Å²) in [7, 11) is -3.83. The molecule has 2 heterocycles. The number of carboxylic acids is 1. The van der Waals surface area contributed by atoms with Gasteiger partial charge in [-0.15, -0.1) is 0 Å². The van der Waals surface area contributed by atoms with Crippen molar-refractivity contribution >= 4 is 27.6 Å². The zero-order chi connectivity index (χ0) is 17.5. The minimum atomic E-state index is -3.83. The minimum Gasteiger partial charge on any atom is -0.481 e. The third-order valence-corrected chi connectivity index (χ3v) is 6.11. The number of ether oxygens (including phenoxy) is 1. The van der Waals surface area contributed by atoms with E-state index < -0.39 is 28.0 Å². The van der Waals surface area contributed by atoms with Gasteiger partial charge in [-0.3, -0.25) is 9.59 Å². The van der Waals surface area contributed by atoms with Crippen molar-refractivity contribution in [1.82, 2.24) is 4.31 Å². The van der Waals surface area contributed by atoms with Gasteiger partial charge in [-0.05, 0) is 38.0 Å². The lowest BCUT2D eigenvalue weighted by Crippen LogP contribution is -2.42. The Morgan fingerprint density at radius 1 is 1.42 bits per heavy atom. The fourth-order valence-corrected chi connectivity index (χ4v) is 4.41. The molecule has 24 heavy (non-hydrogen) atoms.